The highest BCUT2D eigenvalue weighted by atomic mass is 16.5. The summed E-state index contributed by atoms with van der Waals surface area (Å²) in [4.78, 5) is 16.9. The molecule has 3 aromatic rings. The Labute approximate surface area is 146 Å². The SMILES string of the molecule is COc1cc(NC(=O)CCc2c(C)nc3ccccn23)cc(OC)c1. The Morgan fingerprint density at radius 3 is 2.56 bits per heavy atom. The number of amides is 1. The van der Waals surface area contributed by atoms with Crippen LogP contribution < -0.4 is 14.8 Å². The van der Waals surface area contributed by atoms with Crippen LogP contribution in [0, 0.1) is 6.92 Å². The van der Waals surface area contributed by atoms with Crippen LogP contribution in [0.4, 0.5) is 5.69 Å². The van der Waals surface area contributed by atoms with Crippen LogP contribution in [0.1, 0.15) is 17.8 Å². The predicted octanol–water partition coefficient (Wildman–Crippen LogP) is 3.23. The molecule has 130 valence electrons. The van der Waals surface area contributed by atoms with Crippen LogP contribution in [0.3, 0.4) is 0 Å². The van der Waals surface area contributed by atoms with Crippen molar-refractivity contribution in [3.05, 3.63) is 54.0 Å². The molecule has 1 N–H and O–H groups in total. The van der Waals surface area contributed by atoms with Gasteiger partial charge in [-0.05, 0) is 25.5 Å². The van der Waals surface area contributed by atoms with Crippen molar-refractivity contribution in [2.75, 3.05) is 19.5 Å². The lowest BCUT2D eigenvalue weighted by Crippen LogP contribution is -2.13. The van der Waals surface area contributed by atoms with E-state index >= 15 is 0 Å². The molecule has 6 nitrogen and oxygen atoms in total. The van der Waals surface area contributed by atoms with Gasteiger partial charge in [-0.15, -0.1) is 0 Å². The summed E-state index contributed by atoms with van der Waals surface area (Å²) in [7, 11) is 3.15. The van der Waals surface area contributed by atoms with Gasteiger partial charge in [0.25, 0.3) is 0 Å². The topological polar surface area (TPSA) is 64.9 Å². The second-order valence-electron chi connectivity index (χ2n) is 5.72. The molecule has 25 heavy (non-hydrogen) atoms. The first kappa shape index (κ1) is 16.8. The second-order valence-corrected chi connectivity index (χ2v) is 5.72. The summed E-state index contributed by atoms with van der Waals surface area (Å²) in [5.74, 6) is 1.19. The van der Waals surface area contributed by atoms with E-state index in [9.17, 15) is 4.79 Å². The Morgan fingerprint density at radius 2 is 1.88 bits per heavy atom. The number of ether oxygens (including phenoxy) is 2. The van der Waals surface area contributed by atoms with Crippen LogP contribution in [0.5, 0.6) is 11.5 Å². The molecule has 0 atom stereocenters. The van der Waals surface area contributed by atoms with Crippen molar-refractivity contribution in [3.8, 4) is 11.5 Å². The molecule has 2 heterocycles. The van der Waals surface area contributed by atoms with Gasteiger partial charge in [0.05, 0.1) is 19.9 Å². The van der Waals surface area contributed by atoms with Crippen LogP contribution in [-0.4, -0.2) is 29.5 Å². The number of pyridine rings is 1. The van der Waals surface area contributed by atoms with Gasteiger partial charge in [-0.2, -0.15) is 0 Å². The molecule has 0 bridgehead atoms. The van der Waals surface area contributed by atoms with Crippen LogP contribution in [0.2, 0.25) is 0 Å². The van der Waals surface area contributed by atoms with Crippen molar-refractivity contribution in [1.29, 1.82) is 0 Å². The number of anilines is 1. The largest absolute Gasteiger partial charge is 0.497 e. The Morgan fingerprint density at radius 1 is 1.16 bits per heavy atom. The van der Waals surface area contributed by atoms with E-state index in [1.54, 1.807) is 32.4 Å². The third-order valence-corrected chi connectivity index (χ3v) is 4.05. The number of carbonyl (C=O) groups is 1. The van der Waals surface area contributed by atoms with E-state index in [0.717, 1.165) is 17.0 Å². The summed E-state index contributed by atoms with van der Waals surface area (Å²) in [6.07, 6.45) is 2.95. The fraction of sp³-hybridized carbons (Fsp3) is 0.263. The summed E-state index contributed by atoms with van der Waals surface area (Å²) in [5, 5.41) is 2.89. The van der Waals surface area contributed by atoms with Gasteiger partial charge in [-0.25, -0.2) is 4.98 Å². The normalized spacial score (nSPS) is 10.7. The molecule has 0 aliphatic heterocycles. The van der Waals surface area contributed by atoms with Crippen LogP contribution in [0.25, 0.3) is 5.65 Å². The highest BCUT2D eigenvalue weighted by molar-refractivity contribution is 5.91. The van der Waals surface area contributed by atoms with Crippen molar-refractivity contribution in [1.82, 2.24) is 9.38 Å². The Hall–Kier alpha value is -3.02. The quantitative estimate of drug-likeness (QED) is 0.749. The number of aryl methyl sites for hydroxylation is 2. The van der Waals surface area contributed by atoms with Crippen molar-refractivity contribution in [3.63, 3.8) is 0 Å². The van der Waals surface area contributed by atoms with E-state index in [4.69, 9.17) is 9.47 Å². The molecule has 0 saturated carbocycles. The van der Waals surface area contributed by atoms with Gasteiger partial charge >= 0.3 is 0 Å². The van der Waals surface area contributed by atoms with Gasteiger partial charge in [0, 0.05) is 42.2 Å². The van der Waals surface area contributed by atoms with Gasteiger partial charge in [0.1, 0.15) is 17.1 Å². The number of hydrogen-bond acceptors (Lipinski definition) is 4. The first-order valence-corrected chi connectivity index (χ1v) is 8.06. The highest BCUT2D eigenvalue weighted by Gasteiger charge is 2.11. The lowest BCUT2D eigenvalue weighted by molar-refractivity contribution is -0.116. The van der Waals surface area contributed by atoms with E-state index in [-0.39, 0.29) is 5.91 Å². The van der Waals surface area contributed by atoms with E-state index < -0.39 is 0 Å². The maximum Gasteiger partial charge on any atom is 0.224 e. The zero-order valence-corrected chi connectivity index (χ0v) is 14.6. The molecule has 0 radical (unpaired) electrons. The molecule has 0 aliphatic rings. The molecule has 6 heteroatoms. The van der Waals surface area contributed by atoms with Crippen molar-refractivity contribution >= 4 is 17.2 Å². The first-order chi connectivity index (χ1) is 12.1. The van der Waals surface area contributed by atoms with Crippen LogP contribution in [-0.2, 0) is 11.2 Å². The van der Waals surface area contributed by atoms with Gasteiger partial charge in [-0.3, -0.25) is 4.79 Å². The number of imidazole rings is 1. The monoisotopic (exact) mass is 339 g/mol. The van der Waals surface area contributed by atoms with Crippen molar-refractivity contribution < 1.29 is 14.3 Å². The summed E-state index contributed by atoms with van der Waals surface area (Å²) >= 11 is 0. The first-order valence-electron chi connectivity index (χ1n) is 8.06. The number of fused-ring (bicyclic) bond motifs is 1. The molecule has 0 spiro atoms. The Kier molecular flexibility index (Phi) is 4.88. The molecule has 3 rings (SSSR count). The Balaban J connectivity index is 1.70. The molecule has 1 aromatic carbocycles. The number of hydrogen-bond donors (Lipinski definition) is 1. The van der Waals surface area contributed by atoms with Gasteiger partial charge in [0.15, 0.2) is 0 Å². The van der Waals surface area contributed by atoms with Gasteiger partial charge in [0.2, 0.25) is 5.91 Å². The number of benzene rings is 1. The zero-order valence-electron chi connectivity index (χ0n) is 14.6. The smallest absolute Gasteiger partial charge is 0.224 e. The van der Waals surface area contributed by atoms with E-state index in [0.29, 0.717) is 30.0 Å². The third kappa shape index (κ3) is 3.74. The Bertz CT molecular complexity index is 880. The number of rotatable bonds is 6. The molecule has 1 amide bonds. The average Bonchev–Trinajstić information content (AvgIpc) is 2.94. The molecular formula is C19H21N3O3. The molecule has 0 fully saturated rings. The van der Waals surface area contributed by atoms with E-state index in [1.807, 2.05) is 35.7 Å². The standard InChI is InChI=1S/C19H21N3O3/c1-13-17(22-9-5-4-6-18(22)20-13)7-8-19(23)21-14-10-15(24-2)12-16(11-14)25-3/h4-6,9-12H,7-8H2,1-3H3,(H,21,23). The number of aromatic nitrogens is 2. The lowest BCUT2D eigenvalue weighted by Gasteiger charge is -2.10. The van der Waals surface area contributed by atoms with Gasteiger partial charge in [-0.1, -0.05) is 6.07 Å². The minimum absolute atomic E-state index is 0.0689. The number of nitrogens with one attached hydrogen (secondary N) is 1. The molecule has 0 aliphatic carbocycles. The maximum atomic E-state index is 12.3. The lowest BCUT2D eigenvalue weighted by atomic mass is 10.2. The molecule has 2 aromatic heterocycles. The minimum atomic E-state index is -0.0689. The van der Waals surface area contributed by atoms with E-state index in [2.05, 4.69) is 10.3 Å². The predicted molar refractivity (Wildman–Crippen MR) is 96.4 cm³/mol. The van der Waals surface area contributed by atoms with E-state index in [1.165, 1.54) is 0 Å². The summed E-state index contributed by atoms with van der Waals surface area (Å²) in [5.41, 5.74) is 3.54. The molecular weight excluding hydrogens is 318 g/mol. The molecule has 0 saturated heterocycles. The zero-order chi connectivity index (χ0) is 17.8. The summed E-state index contributed by atoms with van der Waals surface area (Å²) in [6.45, 7) is 1.97. The average molecular weight is 339 g/mol. The maximum absolute atomic E-state index is 12.3. The molecule has 0 unspecified atom stereocenters. The van der Waals surface area contributed by atoms with Crippen LogP contribution >= 0.6 is 0 Å². The van der Waals surface area contributed by atoms with Crippen LogP contribution in [0.15, 0.2) is 42.6 Å². The van der Waals surface area contributed by atoms with Crippen molar-refractivity contribution in [2.24, 2.45) is 0 Å². The summed E-state index contributed by atoms with van der Waals surface area (Å²) in [6, 6.07) is 11.2. The fourth-order valence-corrected chi connectivity index (χ4v) is 2.80. The van der Waals surface area contributed by atoms with Crippen molar-refractivity contribution in [2.45, 2.75) is 19.8 Å². The third-order valence-electron chi connectivity index (χ3n) is 4.05. The minimum Gasteiger partial charge on any atom is -0.497 e. The number of carbonyl (C=O) groups excluding carboxylic acids is 1. The number of nitrogens with zero attached hydrogens (tertiary/aromatic N) is 2. The summed E-state index contributed by atoms with van der Waals surface area (Å²) < 4.78 is 12.5. The van der Waals surface area contributed by atoms with Gasteiger partial charge < -0.3 is 19.2 Å². The fourth-order valence-electron chi connectivity index (χ4n) is 2.80. The highest BCUT2D eigenvalue weighted by Crippen LogP contribution is 2.26. The number of methoxy groups -OCH3 is 2. The second kappa shape index (κ2) is 7.25.